The van der Waals surface area contributed by atoms with Gasteiger partial charge in [-0.1, -0.05) is 0 Å². The Kier molecular flexibility index (Phi) is 4.31. The monoisotopic (exact) mass is 235 g/mol. The van der Waals surface area contributed by atoms with Gasteiger partial charge < -0.3 is 5.32 Å². The van der Waals surface area contributed by atoms with E-state index in [4.69, 9.17) is 0 Å². The summed E-state index contributed by atoms with van der Waals surface area (Å²) in [5, 5.41) is 7.46. The molecule has 94 valence electrons. The van der Waals surface area contributed by atoms with Crippen molar-refractivity contribution in [1.29, 1.82) is 0 Å². The van der Waals surface area contributed by atoms with Crippen LogP contribution in [-0.2, 0) is 18.3 Å². The van der Waals surface area contributed by atoms with Crippen molar-refractivity contribution in [2.24, 2.45) is 13.0 Å². The summed E-state index contributed by atoms with van der Waals surface area (Å²) in [5.74, 6) is 1.03. The molecule has 1 atom stereocenters. The van der Waals surface area contributed by atoms with E-state index < -0.39 is 0 Å². The number of carbonyl (C=O) groups is 1. The van der Waals surface area contributed by atoms with Crippen LogP contribution < -0.4 is 5.32 Å². The predicted molar refractivity (Wildman–Crippen MR) is 66.7 cm³/mol. The van der Waals surface area contributed by atoms with Crippen LogP contribution >= 0.6 is 0 Å². The summed E-state index contributed by atoms with van der Waals surface area (Å²) in [6.07, 6.45) is 8.50. The number of ketones is 1. The lowest BCUT2D eigenvalue weighted by Crippen LogP contribution is -2.30. The van der Waals surface area contributed by atoms with E-state index in [-0.39, 0.29) is 0 Å². The van der Waals surface area contributed by atoms with Gasteiger partial charge in [-0.15, -0.1) is 0 Å². The number of Topliss-reactive ketones (excluding diaryl/α,β-unsaturated/α-hetero) is 1. The van der Waals surface area contributed by atoms with Gasteiger partial charge >= 0.3 is 0 Å². The van der Waals surface area contributed by atoms with Crippen molar-refractivity contribution in [2.45, 2.75) is 32.1 Å². The molecule has 1 N–H and O–H groups in total. The highest BCUT2D eigenvalue weighted by Crippen LogP contribution is 2.16. The first-order valence-corrected chi connectivity index (χ1v) is 6.44. The number of aryl methyl sites for hydroxylation is 1. The lowest BCUT2D eigenvalue weighted by Gasteiger charge is -2.22. The summed E-state index contributed by atoms with van der Waals surface area (Å²) in [4.78, 5) is 11.8. The number of nitrogens with one attached hydrogen (secondary N) is 1. The molecule has 17 heavy (non-hydrogen) atoms. The Morgan fingerprint density at radius 2 is 2.53 bits per heavy atom. The Morgan fingerprint density at radius 1 is 1.65 bits per heavy atom. The van der Waals surface area contributed by atoms with E-state index in [2.05, 4.69) is 10.4 Å². The van der Waals surface area contributed by atoms with Crippen molar-refractivity contribution < 1.29 is 4.79 Å². The maximum Gasteiger partial charge on any atom is 0.137 e. The topological polar surface area (TPSA) is 46.9 Å². The van der Waals surface area contributed by atoms with Crippen molar-refractivity contribution >= 4 is 5.78 Å². The van der Waals surface area contributed by atoms with Crippen molar-refractivity contribution in [2.75, 3.05) is 13.1 Å². The zero-order valence-corrected chi connectivity index (χ0v) is 10.5. The average molecular weight is 235 g/mol. The van der Waals surface area contributed by atoms with Gasteiger partial charge in [-0.25, -0.2) is 0 Å². The van der Waals surface area contributed by atoms with Crippen LogP contribution in [-0.4, -0.2) is 28.7 Å². The first-order chi connectivity index (χ1) is 8.24. The third-order valence-corrected chi connectivity index (χ3v) is 3.39. The summed E-state index contributed by atoms with van der Waals surface area (Å²) in [6.45, 7) is 2.22. The fraction of sp³-hybridized carbons (Fsp3) is 0.692. The molecule has 2 rings (SSSR count). The standard InChI is InChI=1S/C13H21N3O/c1-16-10-12(9-15-16)7-13(17)5-4-11-3-2-6-14-8-11/h9-11,14H,2-8H2,1H3. The van der Waals surface area contributed by atoms with Crippen LogP contribution in [0.1, 0.15) is 31.2 Å². The molecule has 0 saturated carbocycles. The third-order valence-electron chi connectivity index (χ3n) is 3.39. The van der Waals surface area contributed by atoms with E-state index in [1.807, 2.05) is 13.2 Å². The van der Waals surface area contributed by atoms with E-state index in [1.54, 1.807) is 10.9 Å². The van der Waals surface area contributed by atoms with Crippen LogP contribution in [0, 0.1) is 5.92 Å². The minimum atomic E-state index is 0.337. The molecule has 1 aliphatic heterocycles. The molecule has 0 spiro atoms. The Bertz CT molecular complexity index is 366. The average Bonchev–Trinajstić information content (AvgIpc) is 2.73. The first kappa shape index (κ1) is 12.3. The van der Waals surface area contributed by atoms with Gasteiger partial charge in [0.1, 0.15) is 5.78 Å². The van der Waals surface area contributed by atoms with E-state index in [0.717, 1.165) is 25.1 Å². The van der Waals surface area contributed by atoms with Gasteiger partial charge in [0.25, 0.3) is 0 Å². The Morgan fingerprint density at radius 3 is 3.18 bits per heavy atom. The van der Waals surface area contributed by atoms with Crippen molar-refractivity contribution in [3.63, 3.8) is 0 Å². The molecule has 2 heterocycles. The molecule has 1 saturated heterocycles. The Balaban J connectivity index is 1.70. The Hall–Kier alpha value is -1.16. The molecular weight excluding hydrogens is 214 g/mol. The molecule has 0 amide bonds. The van der Waals surface area contributed by atoms with Gasteiger partial charge in [0.2, 0.25) is 0 Å². The molecule has 0 bridgehead atoms. The smallest absolute Gasteiger partial charge is 0.137 e. The van der Waals surface area contributed by atoms with Crippen LogP contribution in [0.3, 0.4) is 0 Å². The number of hydrogen-bond acceptors (Lipinski definition) is 3. The molecule has 0 radical (unpaired) electrons. The van der Waals surface area contributed by atoms with Crippen molar-refractivity contribution in [3.05, 3.63) is 18.0 Å². The first-order valence-electron chi connectivity index (χ1n) is 6.44. The zero-order chi connectivity index (χ0) is 12.1. The molecule has 1 aromatic heterocycles. The van der Waals surface area contributed by atoms with Crippen LogP contribution in [0.25, 0.3) is 0 Å². The summed E-state index contributed by atoms with van der Waals surface area (Å²) >= 11 is 0. The van der Waals surface area contributed by atoms with E-state index >= 15 is 0 Å². The normalized spacial score (nSPS) is 20.4. The highest BCUT2D eigenvalue weighted by molar-refractivity contribution is 5.80. The molecule has 1 fully saturated rings. The van der Waals surface area contributed by atoms with Gasteiger partial charge in [-0.2, -0.15) is 5.10 Å². The van der Waals surface area contributed by atoms with E-state index in [0.29, 0.717) is 24.5 Å². The van der Waals surface area contributed by atoms with Crippen molar-refractivity contribution in [3.8, 4) is 0 Å². The second-order valence-corrected chi connectivity index (χ2v) is 4.99. The van der Waals surface area contributed by atoms with Gasteiger partial charge in [0.15, 0.2) is 0 Å². The lowest BCUT2D eigenvalue weighted by atomic mass is 9.93. The summed E-state index contributed by atoms with van der Waals surface area (Å²) in [7, 11) is 1.88. The summed E-state index contributed by atoms with van der Waals surface area (Å²) < 4.78 is 1.74. The molecule has 0 aromatic carbocycles. The molecule has 4 heteroatoms. The van der Waals surface area contributed by atoms with Gasteiger partial charge in [-0.3, -0.25) is 9.48 Å². The molecule has 4 nitrogen and oxygen atoms in total. The highest BCUT2D eigenvalue weighted by atomic mass is 16.1. The summed E-state index contributed by atoms with van der Waals surface area (Å²) in [6, 6.07) is 0. The van der Waals surface area contributed by atoms with Crippen molar-refractivity contribution in [1.82, 2.24) is 15.1 Å². The number of aromatic nitrogens is 2. The fourth-order valence-electron chi connectivity index (χ4n) is 2.41. The molecule has 1 unspecified atom stereocenters. The largest absolute Gasteiger partial charge is 0.316 e. The second-order valence-electron chi connectivity index (χ2n) is 4.99. The number of rotatable bonds is 5. The number of hydrogen-bond donors (Lipinski definition) is 1. The van der Waals surface area contributed by atoms with Crippen LogP contribution in [0.5, 0.6) is 0 Å². The van der Waals surface area contributed by atoms with Gasteiger partial charge in [-0.05, 0) is 43.8 Å². The molecule has 1 aromatic rings. The maximum absolute atomic E-state index is 11.8. The van der Waals surface area contributed by atoms with E-state index in [9.17, 15) is 4.79 Å². The minimum absolute atomic E-state index is 0.337. The number of nitrogens with zero attached hydrogens (tertiary/aromatic N) is 2. The van der Waals surface area contributed by atoms with E-state index in [1.165, 1.54) is 12.8 Å². The Labute approximate surface area is 102 Å². The van der Waals surface area contributed by atoms with Crippen LogP contribution in [0.2, 0.25) is 0 Å². The third kappa shape index (κ3) is 3.97. The van der Waals surface area contributed by atoms with Gasteiger partial charge in [0, 0.05) is 26.1 Å². The lowest BCUT2D eigenvalue weighted by molar-refractivity contribution is -0.118. The SMILES string of the molecule is Cn1cc(CC(=O)CCC2CCCNC2)cn1. The minimum Gasteiger partial charge on any atom is -0.316 e. The number of piperidine rings is 1. The predicted octanol–water partition coefficient (Wildman–Crippen LogP) is 1.31. The molecule has 0 aliphatic carbocycles. The highest BCUT2D eigenvalue weighted by Gasteiger charge is 2.14. The summed E-state index contributed by atoms with van der Waals surface area (Å²) in [5.41, 5.74) is 1.03. The molecule has 1 aliphatic rings. The zero-order valence-electron chi connectivity index (χ0n) is 10.5. The number of carbonyl (C=O) groups excluding carboxylic acids is 1. The van der Waals surface area contributed by atoms with Crippen LogP contribution in [0.15, 0.2) is 12.4 Å². The molecular formula is C13H21N3O. The fourth-order valence-corrected chi connectivity index (χ4v) is 2.41. The second kappa shape index (κ2) is 5.96. The van der Waals surface area contributed by atoms with Gasteiger partial charge in [0.05, 0.1) is 6.20 Å². The maximum atomic E-state index is 11.8. The quantitative estimate of drug-likeness (QED) is 0.837. The van der Waals surface area contributed by atoms with Crippen LogP contribution in [0.4, 0.5) is 0 Å².